The second-order valence-corrected chi connectivity index (χ2v) is 6.00. The fourth-order valence-electron chi connectivity index (χ4n) is 2.42. The standard InChI is InChI=1S/C18H20BrFO/c1-13-6-8-14(9-7-13)10-15(12-19)11-16-4-3-5-17(21-2)18(16)20/h3-9,15H,10-12H2,1-2H3. The summed E-state index contributed by atoms with van der Waals surface area (Å²) < 4.78 is 19.3. The van der Waals surface area contributed by atoms with Crippen molar-refractivity contribution in [1.29, 1.82) is 0 Å². The van der Waals surface area contributed by atoms with Gasteiger partial charge in [0, 0.05) is 5.33 Å². The number of methoxy groups -OCH3 is 1. The van der Waals surface area contributed by atoms with Crippen LogP contribution in [0.4, 0.5) is 4.39 Å². The maximum atomic E-state index is 14.2. The van der Waals surface area contributed by atoms with Crippen molar-refractivity contribution >= 4 is 15.9 Å². The number of halogens is 2. The molecule has 0 aliphatic rings. The lowest BCUT2D eigenvalue weighted by Crippen LogP contribution is -2.11. The van der Waals surface area contributed by atoms with Crippen LogP contribution in [-0.2, 0) is 12.8 Å². The highest BCUT2D eigenvalue weighted by molar-refractivity contribution is 9.09. The van der Waals surface area contributed by atoms with E-state index in [0.717, 1.165) is 11.8 Å². The van der Waals surface area contributed by atoms with E-state index in [0.29, 0.717) is 23.7 Å². The third-order valence-electron chi connectivity index (χ3n) is 3.63. The molecular formula is C18H20BrFO. The summed E-state index contributed by atoms with van der Waals surface area (Å²) in [6, 6.07) is 13.9. The van der Waals surface area contributed by atoms with Crippen molar-refractivity contribution < 1.29 is 9.13 Å². The molecule has 0 heterocycles. The molecule has 2 rings (SSSR count). The van der Waals surface area contributed by atoms with Gasteiger partial charge in [-0.15, -0.1) is 0 Å². The van der Waals surface area contributed by atoms with Gasteiger partial charge in [-0.3, -0.25) is 0 Å². The van der Waals surface area contributed by atoms with E-state index in [1.807, 2.05) is 12.1 Å². The number of hydrogen-bond donors (Lipinski definition) is 0. The van der Waals surface area contributed by atoms with E-state index >= 15 is 0 Å². The van der Waals surface area contributed by atoms with Gasteiger partial charge in [-0.25, -0.2) is 4.39 Å². The van der Waals surface area contributed by atoms with Gasteiger partial charge in [-0.2, -0.15) is 0 Å². The first-order valence-corrected chi connectivity index (χ1v) is 8.19. The summed E-state index contributed by atoms with van der Waals surface area (Å²) in [5.41, 5.74) is 3.26. The molecule has 2 aromatic carbocycles. The first-order valence-electron chi connectivity index (χ1n) is 7.07. The molecular weight excluding hydrogens is 331 g/mol. The summed E-state index contributed by atoms with van der Waals surface area (Å²) in [6.45, 7) is 2.08. The molecule has 0 bridgehead atoms. The van der Waals surface area contributed by atoms with E-state index in [1.54, 1.807) is 6.07 Å². The molecule has 0 N–H and O–H groups in total. The normalized spacial score (nSPS) is 12.2. The van der Waals surface area contributed by atoms with Crippen molar-refractivity contribution in [2.45, 2.75) is 19.8 Å². The van der Waals surface area contributed by atoms with E-state index in [9.17, 15) is 4.39 Å². The van der Waals surface area contributed by atoms with Crippen LogP contribution in [0.5, 0.6) is 5.75 Å². The quantitative estimate of drug-likeness (QED) is 0.670. The Morgan fingerprint density at radius 2 is 1.81 bits per heavy atom. The van der Waals surface area contributed by atoms with Crippen molar-refractivity contribution in [3.05, 3.63) is 65.0 Å². The molecule has 0 aromatic heterocycles. The van der Waals surface area contributed by atoms with Gasteiger partial charge < -0.3 is 4.74 Å². The molecule has 0 fully saturated rings. The van der Waals surface area contributed by atoms with Gasteiger partial charge in [0.15, 0.2) is 11.6 Å². The highest BCUT2D eigenvalue weighted by Gasteiger charge is 2.14. The second-order valence-electron chi connectivity index (χ2n) is 5.35. The number of alkyl halides is 1. The lowest BCUT2D eigenvalue weighted by atomic mass is 9.93. The van der Waals surface area contributed by atoms with Crippen molar-refractivity contribution in [2.24, 2.45) is 5.92 Å². The lowest BCUT2D eigenvalue weighted by molar-refractivity contribution is 0.382. The van der Waals surface area contributed by atoms with E-state index < -0.39 is 0 Å². The molecule has 112 valence electrons. The molecule has 1 unspecified atom stereocenters. The summed E-state index contributed by atoms with van der Waals surface area (Å²) >= 11 is 3.55. The molecule has 2 aromatic rings. The van der Waals surface area contributed by atoms with Crippen LogP contribution in [0.25, 0.3) is 0 Å². The zero-order chi connectivity index (χ0) is 15.2. The van der Waals surface area contributed by atoms with Crippen molar-refractivity contribution in [1.82, 2.24) is 0 Å². The summed E-state index contributed by atoms with van der Waals surface area (Å²) in [7, 11) is 1.50. The van der Waals surface area contributed by atoms with E-state index in [4.69, 9.17) is 4.74 Å². The van der Waals surface area contributed by atoms with E-state index in [2.05, 4.69) is 47.1 Å². The number of rotatable bonds is 6. The molecule has 1 atom stereocenters. The molecule has 0 radical (unpaired) electrons. The Morgan fingerprint density at radius 1 is 1.10 bits per heavy atom. The molecule has 1 nitrogen and oxygen atoms in total. The summed E-state index contributed by atoms with van der Waals surface area (Å²) in [5.74, 6) is 0.431. The summed E-state index contributed by atoms with van der Waals surface area (Å²) in [4.78, 5) is 0. The first kappa shape index (κ1) is 16.0. The first-order chi connectivity index (χ1) is 10.1. The average molecular weight is 351 g/mol. The van der Waals surface area contributed by atoms with Gasteiger partial charge in [-0.05, 0) is 42.9 Å². The van der Waals surface area contributed by atoms with Crippen LogP contribution < -0.4 is 4.74 Å². The summed E-state index contributed by atoms with van der Waals surface area (Å²) in [6.07, 6.45) is 1.63. The Kier molecular flexibility index (Phi) is 5.80. The maximum Gasteiger partial charge on any atom is 0.168 e. The minimum absolute atomic E-state index is 0.241. The third-order valence-corrected chi connectivity index (χ3v) is 4.55. The molecule has 3 heteroatoms. The van der Waals surface area contributed by atoms with Gasteiger partial charge in [-0.1, -0.05) is 57.9 Å². The Morgan fingerprint density at radius 3 is 2.43 bits per heavy atom. The molecule has 0 saturated carbocycles. The highest BCUT2D eigenvalue weighted by Crippen LogP contribution is 2.24. The molecule has 0 amide bonds. The number of hydrogen-bond acceptors (Lipinski definition) is 1. The monoisotopic (exact) mass is 350 g/mol. The van der Waals surface area contributed by atoms with Gasteiger partial charge in [0.05, 0.1) is 7.11 Å². The van der Waals surface area contributed by atoms with Crippen molar-refractivity contribution in [3.8, 4) is 5.75 Å². The van der Waals surface area contributed by atoms with Crippen LogP contribution in [0, 0.1) is 18.7 Å². The Labute approximate surface area is 134 Å². The topological polar surface area (TPSA) is 9.23 Å². The number of ether oxygens (including phenoxy) is 1. The minimum atomic E-state index is -0.241. The zero-order valence-electron chi connectivity index (χ0n) is 12.4. The lowest BCUT2D eigenvalue weighted by Gasteiger charge is -2.16. The maximum absolute atomic E-state index is 14.2. The smallest absolute Gasteiger partial charge is 0.168 e. The van der Waals surface area contributed by atoms with Crippen LogP contribution in [0.3, 0.4) is 0 Å². The van der Waals surface area contributed by atoms with Gasteiger partial charge in [0.25, 0.3) is 0 Å². The molecule has 21 heavy (non-hydrogen) atoms. The average Bonchev–Trinajstić information content (AvgIpc) is 2.50. The third kappa shape index (κ3) is 4.31. The van der Waals surface area contributed by atoms with Crippen molar-refractivity contribution in [2.75, 3.05) is 12.4 Å². The second kappa shape index (κ2) is 7.60. The largest absolute Gasteiger partial charge is 0.494 e. The van der Waals surface area contributed by atoms with Gasteiger partial charge in [0.1, 0.15) is 0 Å². The fraction of sp³-hybridized carbons (Fsp3) is 0.333. The van der Waals surface area contributed by atoms with Crippen molar-refractivity contribution in [3.63, 3.8) is 0 Å². The van der Waals surface area contributed by atoms with E-state index in [1.165, 1.54) is 18.2 Å². The Balaban J connectivity index is 2.10. The molecule has 0 saturated heterocycles. The van der Waals surface area contributed by atoms with Crippen LogP contribution in [0.15, 0.2) is 42.5 Å². The van der Waals surface area contributed by atoms with Gasteiger partial charge in [0.2, 0.25) is 0 Å². The predicted octanol–water partition coefficient (Wildman–Crippen LogP) is 4.94. The van der Waals surface area contributed by atoms with E-state index in [-0.39, 0.29) is 5.82 Å². The molecule has 0 spiro atoms. The Hall–Kier alpha value is -1.35. The SMILES string of the molecule is COc1cccc(CC(CBr)Cc2ccc(C)cc2)c1F. The van der Waals surface area contributed by atoms with Crippen LogP contribution in [0.1, 0.15) is 16.7 Å². The molecule has 0 aliphatic heterocycles. The zero-order valence-corrected chi connectivity index (χ0v) is 14.0. The fourth-order valence-corrected chi connectivity index (χ4v) is 2.88. The van der Waals surface area contributed by atoms with Crippen LogP contribution in [0.2, 0.25) is 0 Å². The number of aryl methyl sites for hydroxylation is 1. The minimum Gasteiger partial charge on any atom is -0.494 e. The van der Waals surface area contributed by atoms with Crippen LogP contribution >= 0.6 is 15.9 Å². The number of benzene rings is 2. The van der Waals surface area contributed by atoms with Gasteiger partial charge >= 0.3 is 0 Å². The predicted molar refractivity (Wildman–Crippen MR) is 88.8 cm³/mol. The Bertz CT molecular complexity index is 580. The van der Waals surface area contributed by atoms with Crippen LogP contribution in [-0.4, -0.2) is 12.4 Å². The highest BCUT2D eigenvalue weighted by atomic mass is 79.9. The summed E-state index contributed by atoms with van der Waals surface area (Å²) in [5, 5.41) is 0.845. The molecule has 0 aliphatic carbocycles.